The van der Waals surface area contributed by atoms with Gasteiger partial charge in [-0.1, -0.05) is 30.3 Å². The van der Waals surface area contributed by atoms with Crippen LogP contribution in [-0.4, -0.2) is 43.5 Å². The zero-order valence-electron chi connectivity index (χ0n) is 13.4. The molecule has 0 spiro atoms. The number of rotatable bonds is 8. The molecule has 0 bridgehead atoms. The summed E-state index contributed by atoms with van der Waals surface area (Å²) in [6.07, 6.45) is 0.181. The van der Waals surface area contributed by atoms with Crippen LogP contribution < -0.4 is 11.4 Å². The summed E-state index contributed by atoms with van der Waals surface area (Å²) in [4.78, 5) is 33.4. The van der Waals surface area contributed by atoms with E-state index in [0.29, 0.717) is 12.0 Å². The van der Waals surface area contributed by atoms with Crippen molar-refractivity contribution in [2.75, 3.05) is 18.7 Å². The molecule has 25 heavy (non-hydrogen) atoms. The molecule has 1 heterocycles. The van der Waals surface area contributed by atoms with E-state index < -0.39 is 32.3 Å². The van der Waals surface area contributed by atoms with Crippen LogP contribution >= 0.6 is 7.60 Å². The molecule has 0 aliphatic heterocycles. The molecule has 0 saturated heterocycles. The van der Waals surface area contributed by atoms with Crippen LogP contribution in [0.4, 0.5) is 5.82 Å². The fourth-order valence-corrected chi connectivity index (χ4v) is 2.62. The normalized spacial score (nSPS) is 12.9. The molecule has 1 aromatic heterocycles. The van der Waals surface area contributed by atoms with Crippen molar-refractivity contribution in [2.45, 2.75) is 19.1 Å². The standard InChI is InChI=1S/C15H20N3O6P/c16-14-12(6-11-4-2-1-3-5-11)7-18(15(20)17-14)8-13(9-19)24-10-25(21,22)23/h1-5,7,13,19H,6,8-10H2,(H2,16,17,20)(H2,21,22,23)/t13-/m0/s1. The average Bonchev–Trinajstić information content (AvgIpc) is 2.55. The van der Waals surface area contributed by atoms with Crippen molar-refractivity contribution >= 4 is 13.4 Å². The lowest BCUT2D eigenvalue weighted by Gasteiger charge is -2.18. The number of ether oxygens (including phenoxy) is 1. The first kappa shape index (κ1) is 19.3. The van der Waals surface area contributed by atoms with Crippen LogP contribution in [0.2, 0.25) is 0 Å². The summed E-state index contributed by atoms with van der Waals surface area (Å²) in [5, 5.41) is 9.30. The molecule has 5 N–H and O–H groups in total. The van der Waals surface area contributed by atoms with Crippen LogP contribution in [-0.2, 0) is 22.3 Å². The van der Waals surface area contributed by atoms with Crippen LogP contribution in [0.25, 0.3) is 0 Å². The topological polar surface area (TPSA) is 148 Å². The van der Waals surface area contributed by atoms with Gasteiger partial charge in [-0.3, -0.25) is 9.13 Å². The molecule has 0 fully saturated rings. The third-order valence-electron chi connectivity index (χ3n) is 3.42. The minimum Gasteiger partial charge on any atom is -0.394 e. The Balaban J connectivity index is 2.18. The number of anilines is 1. The monoisotopic (exact) mass is 369 g/mol. The maximum absolute atomic E-state index is 12.0. The van der Waals surface area contributed by atoms with Crippen molar-refractivity contribution in [3.05, 3.63) is 58.1 Å². The summed E-state index contributed by atoms with van der Waals surface area (Å²) in [5.41, 5.74) is 6.78. The van der Waals surface area contributed by atoms with Gasteiger partial charge in [-0.2, -0.15) is 4.98 Å². The number of hydrogen-bond donors (Lipinski definition) is 4. The zero-order valence-corrected chi connectivity index (χ0v) is 14.2. The molecule has 1 aromatic carbocycles. The summed E-state index contributed by atoms with van der Waals surface area (Å²) in [7, 11) is -4.37. The number of benzene rings is 1. The number of hydrogen-bond acceptors (Lipinski definition) is 6. The van der Waals surface area contributed by atoms with Gasteiger partial charge in [-0.05, 0) is 5.56 Å². The highest BCUT2D eigenvalue weighted by Crippen LogP contribution is 2.34. The van der Waals surface area contributed by atoms with E-state index in [0.717, 1.165) is 5.56 Å². The van der Waals surface area contributed by atoms with E-state index in [1.165, 1.54) is 10.8 Å². The van der Waals surface area contributed by atoms with E-state index in [9.17, 15) is 14.5 Å². The predicted molar refractivity (Wildman–Crippen MR) is 91.0 cm³/mol. The van der Waals surface area contributed by atoms with Gasteiger partial charge in [0.2, 0.25) is 0 Å². The first-order valence-corrected chi connectivity index (χ1v) is 9.25. The second-order valence-electron chi connectivity index (χ2n) is 5.51. The Labute approximate surface area is 143 Å². The van der Waals surface area contributed by atoms with E-state index in [4.69, 9.17) is 20.3 Å². The van der Waals surface area contributed by atoms with E-state index in [1.807, 2.05) is 30.3 Å². The lowest BCUT2D eigenvalue weighted by atomic mass is 10.1. The molecule has 1 atom stereocenters. The summed E-state index contributed by atoms with van der Waals surface area (Å²) in [5.74, 6) is 0.113. The van der Waals surface area contributed by atoms with Gasteiger partial charge in [-0.25, -0.2) is 4.79 Å². The van der Waals surface area contributed by atoms with Crippen molar-refractivity contribution in [1.82, 2.24) is 9.55 Å². The quantitative estimate of drug-likeness (QED) is 0.473. The number of aliphatic hydroxyl groups excluding tert-OH is 1. The molecular weight excluding hydrogens is 349 g/mol. The molecule has 10 heteroatoms. The first-order valence-electron chi connectivity index (χ1n) is 7.45. The smallest absolute Gasteiger partial charge is 0.350 e. The highest BCUT2D eigenvalue weighted by Gasteiger charge is 2.19. The van der Waals surface area contributed by atoms with E-state index in [1.54, 1.807) is 0 Å². The number of aliphatic hydroxyl groups is 1. The van der Waals surface area contributed by atoms with Gasteiger partial charge < -0.3 is 25.4 Å². The first-order chi connectivity index (χ1) is 11.8. The SMILES string of the molecule is Nc1nc(=O)n(C[C@@H](CO)OCP(=O)(O)O)cc1Cc1ccccc1. The third-order valence-corrected chi connectivity index (χ3v) is 3.91. The number of nitrogens with two attached hydrogens (primary N) is 1. The second kappa shape index (κ2) is 8.37. The maximum Gasteiger partial charge on any atom is 0.350 e. The Morgan fingerprint density at radius 3 is 2.56 bits per heavy atom. The van der Waals surface area contributed by atoms with Gasteiger partial charge in [0, 0.05) is 18.2 Å². The van der Waals surface area contributed by atoms with Crippen LogP contribution in [0.5, 0.6) is 0 Å². The van der Waals surface area contributed by atoms with Crippen LogP contribution in [0, 0.1) is 0 Å². The maximum atomic E-state index is 12.0. The third kappa shape index (κ3) is 6.08. The Morgan fingerprint density at radius 2 is 1.96 bits per heavy atom. The minimum absolute atomic E-state index is 0.107. The summed E-state index contributed by atoms with van der Waals surface area (Å²) < 4.78 is 17.0. The van der Waals surface area contributed by atoms with Gasteiger partial charge in [0.05, 0.1) is 19.3 Å². The largest absolute Gasteiger partial charge is 0.394 e. The lowest BCUT2D eigenvalue weighted by molar-refractivity contribution is 0.0188. The van der Waals surface area contributed by atoms with E-state index in [2.05, 4.69) is 4.98 Å². The molecule has 0 radical (unpaired) electrons. The fourth-order valence-electron chi connectivity index (χ4n) is 2.22. The highest BCUT2D eigenvalue weighted by atomic mass is 31.2. The molecule has 0 unspecified atom stereocenters. The highest BCUT2D eigenvalue weighted by molar-refractivity contribution is 7.51. The molecule has 0 saturated carbocycles. The molecular formula is C15H20N3O6P. The average molecular weight is 369 g/mol. The molecule has 2 rings (SSSR count). The zero-order chi connectivity index (χ0) is 18.4. The molecule has 0 amide bonds. The lowest BCUT2D eigenvalue weighted by Crippen LogP contribution is -2.33. The van der Waals surface area contributed by atoms with Crippen molar-refractivity contribution in [1.29, 1.82) is 0 Å². The van der Waals surface area contributed by atoms with Crippen LogP contribution in [0.3, 0.4) is 0 Å². The molecule has 0 aliphatic carbocycles. The van der Waals surface area contributed by atoms with E-state index in [-0.39, 0.29) is 12.4 Å². The van der Waals surface area contributed by atoms with Crippen molar-refractivity contribution in [3.63, 3.8) is 0 Å². The van der Waals surface area contributed by atoms with Gasteiger partial charge >= 0.3 is 13.3 Å². The summed E-state index contributed by atoms with van der Waals surface area (Å²) >= 11 is 0. The summed E-state index contributed by atoms with van der Waals surface area (Å²) in [6.45, 7) is -0.616. The van der Waals surface area contributed by atoms with Gasteiger partial charge in [0.1, 0.15) is 12.2 Å². The molecule has 0 aliphatic rings. The van der Waals surface area contributed by atoms with Gasteiger partial charge in [0.25, 0.3) is 0 Å². The second-order valence-corrected chi connectivity index (χ2v) is 7.10. The Morgan fingerprint density at radius 1 is 1.28 bits per heavy atom. The van der Waals surface area contributed by atoms with Crippen molar-refractivity contribution < 1.29 is 24.2 Å². The molecule has 2 aromatic rings. The summed E-state index contributed by atoms with van der Waals surface area (Å²) in [6, 6.07) is 9.47. The number of nitrogen functional groups attached to an aromatic ring is 1. The molecule has 136 valence electrons. The number of nitrogens with zero attached hydrogens (tertiary/aromatic N) is 2. The number of aromatic nitrogens is 2. The van der Waals surface area contributed by atoms with E-state index >= 15 is 0 Å². The predicted octanol–water partition coefficient (Wildman–Crippen LogP) is -0.0710. The van der Waals surface area contributed by atoms with Crippen molar-refractivity contribution in [2.24, 2.45) is 0 Å². The van der Waals surface area contributed by atoms with Crippen LogP contribution in [0.15, 0.2) is 41.3 Å². The van der Waals surface area contributed by atoms with Gasteiger partial charge in [0.15, 0.2) is 0 Å². The Bertz CT molecular complexity index is 805. The van der Waals surface area contributed by atoms with Gasteiger partial charge in [-0.15, -0.1) is 0 Å². The van der Waals surface area contributed by atoms with Crippen molar-refractivity contribution in [3.8, 4) is 0 Å². The fraction of sp³-hybridized carbons (Fsp3) is 0.333. The molecule has 9 nitrogen and oxygen atoms in total. The minimum atomic E-state index is -4.37. The van der Waals surface area contributed by atoms with Crippen LogP contribution in [0.1, 0.15) is 11.1 Å². The Hall–Kier alpha value is -2.03. The Kier molecular flexibility index (Phi) is 6.46.